The first-order valence-corrected chi connectivity index (χ1v) is 10.0. The Morgan fingerprint density at radius 1 is 0.966 bits per heavy atom. The number of piperazine rings is 1. The summed E-state index contributed by atoms with van der Waals surface area (Å²) in [5, 5.41) is 3.22. The lowest BCUT2D eigenvalue weighted by Gasteiger charge is -2.36. The Morgan fingerprint density at radius 2 is 1.69 bits per heavy atom. The zero-order valence-electron chi connectivity index (χ0n) is 16.3. The molecule has 1 N–H and O–H groups in total. The number of hydrogen-bond donors (Lipinski definition) is 1. The van der Waals surface area contributed by atoms with Gasteiger partial charge in [-0.3, -0.25) is 9.59 Å². The van der Waals surface area contributed by atoms with Gasteiger partial charge in [-0.2, -0.15) is 0 Å². The number of carbonyl (C=O) groups is 2. The van der Waals surface area contributed by atoms with E-state index in [0.717, 1.165) is 43.1 Å². The topological polar surface area (TPSA) is 55.9 Å². The molecule has 152 valence electrons. The van der Waals surface area contributed by atoms with Crippen LogP contribution in [-0.4, -0.2) is 56.0 Å². The molecular weight excluding hydrogens is 371 g/mol. The van der Waals surface area contributed by atoms with Crippen molar-refractivity contribution in [3.8, 4) is 0 Å². The summed E-state index contributed by atoms with van der Waals surface area (Å²) >= 11 is 0. The molecule has 29 heavy (non-hydrogen) atoms. The van der Waals surface area contributed by atoms with Gasteiger partial charge in [-0.25, -0.2) is 4.39 Å². The van der Waals surface area contributed by atoms with Crippen LogP contribution in [0, 0.1) is 5.82 Å². The van der Waals surface area contributed by atoms with Crippen molar-refractivity contribution in [3.05, 3.63) is 54.3 Å². The fourth-order valence-corrected chi connectivity index (χ4v) is 3.91. The van der Waals surface area contributed by atoms with Crippen LogP contribution in [0.25, 0.3) is 0 Å². The second-order valence-corrected chi connectivity index (χ2v) is 7.36. The molecule has 2 amide bonds. The van der Waals surface area contributed by atoms with Crippen molar-refractivity contribution >= 4 is 28.9 Å². The predicted octanol–water partition coefficient (Wildman–Crippen LogP) is 2.71. The number of halogens is 1. The number of nitrogens with one attached hydrogen (secondary N) is 1. The van der Waals surface area contributed by atoms with E-state index in [1.165, 1.54) is 12.1 Å². The lowest BCUT2D eigenvalue weighted by Crippen LogP contribution is -2.50. The van der Waals surface area contributed by atoms with Crippen molar-refractivity contribution in [1.82, 2.24) is 4.90 Å². The summed E-state index contributed by atoms with van der Waals surface area (Å²) in [6, 6.07) is 14.1. The minimum atomic E-state index is -0.246. The lowest BCUT2D eigenvalue weighted by atomic mass is 10.2. The Balaban J connectivity index is 1.32. The highest BCUT2D eigenvalue weighted by molar-refractivity contribution is 5.98. The van der Waals surface area contributed by atoms with Gasteiger partial charge in [0.25, 0.3) is 0 Å². The zero-order chi connectivity index (χ0) is 20.2. The van der Waals surface area contributed by atoms with Crippen LogP contribution in [-0.2, 0) is 9.59 Å². The SMILES string of the molecule is O=C(CNc1ccccc1N1CCCC1=O)N1CCN(c2ccc(F)cc2)CC1. The summed E-state index contributed by atoms with van der Waals surface area (Å²) in [4.78, 5) is 30.5. The average molecular weight is 396 g/mol. The molecule has 2 heterocycles. The lowest BCUT2D eigenvalue weighted by molar-refractivity contribution is -0.129. The maximum absolute atomic E-state index is 13.1. The van der Waals surface area contributed by atoms with Gasteiger partial charge in [-0.1, -0.05) is 12.1 Å². The number of nitrogens with zero attached hydrogens (tertiary/aromatic N) is 3. The zero-order valence-corrected chi connectivity index (χ0v) is 16.3. The van der Waals surface area contributed by atoms with Gasteiger partial charge in [-0.15, -0.1) is 0 Å². The van der Waals surface area contributed by atoms with E-state index in [0.29, 0.717) is 19.5 Å². The smallest absolute Gasteiger partial charge is 0.241 e. The van der Waals surface area contributed by atoms with E-state index in [1.54, 1.807) is 17.0 Å². The number of hydrogen-bond acceptors (Lipinski definition) is 4. The number of rotatable bonds is 5. The number of amides is 2. The monoisotopic (exact) mass is 396 g/mol. The molecule has 2 aliphatic heterocycles. The van der Waals surface area contributed by atoms with Gasteiger partial charge in [-0.05, 0) is 42.8 Å². The van der Waals surface area contributed by atoms with E-state index in [9.17, 15) is 14.0 Å². The molecule has 2 aromatic carbocycles. The van der Waals surface area contributed by atoms with E-state index in [1.807, 2.05) is 29.2 Å². The first-order valence-electron chi connectivity index (χ1n) is 10.0. The molecule has 0 unspecified atom stereocenters. The molecular formula is C22H25FN4O2. The van der Waals surface area contributed by atoms with Crippen LogP contribution >= 0.6 is 0 Å². The molecule has 7 heteroatoms. The largest absolute Gasteiger partial charge is 0.374 e. The number of carbonyl (C=O) groups excluding carboxylic acids is 2. The Labute approximate surface area is 169 Å². The second-order valence-electron chi connectivity index (χ2n) is 7.36. The summed E-state index contributed by atoms with van der Waals surface area (Å²) in [5.74, 6) is -0.0849. The fraction of sp³-hybridized carbons (Fsp3) is 0.364. The Morgan fingerprint density at radius 3 is 2.38 bits per heavy atom. The average Bonchev–Trinajstić information content (AvgIpc) is 3.18. The van der Waals surface area contributed by atoms with E-state index in [4.69, 9.17) is 0 Å². The first kappa shape index (κ1) is 19.2. The number of benzene rings is 2. The third-order valence-corrected chi connectivity index (χ3v) is 5.52. The van der Waals surface area contributed by atoms with Crippen molar-refractivity contribution in [1.29, 1.82) is 0 Å². The molecule has 2 aromatic rings. The Hall–Kier alpha value is -3.09. The highest BCUT2D eigenvalue weighted by Crippen LogP contribution is 2.29. The molecule has 4 rings (SSSR count). The molecule has 0 aromatic heterocycles. The number of para-hydroxylation sites is 2. The Bertz CT molecular complexity index is 879. The summed E-state index contributed by atoms with van der Waals surface area (Å²) in [5.41, 5.74) is 2.62. The van der Waals surface area contributed by atoms with Gasteiger partial charge in [0.2, 0.25) is 11.8 Å². The predicted molar refractivity (Wildman–Crippen MR) is 112 cm³/mol. The third-order valence-electron chi connectivity index (χ3n) is 5.52. The van der Waals surface area contributed by atoms with Crippen LogP contribution in [0.2, 0.25) is 0 Å². The summed E-state index contributed by atoms with van der Waals surface area (Å²) in [6.45, 7) is 3.60. The van der Waals surface area contributed by atoms with Gasteiger partial charge < -0.3 is 20.0 Å². The fourth-order valence-electron chi connectivity index (χ4n) is 3.91. The van der Waals surface area contributed by atoms with E-state index >= 15 is 0 Å². The van der Waals surface area contributed by atoms with Gasteiger partial charge >= 0.3 is 0 Å². The van der Waals surface area contributed by atoms with E-state index in [-0.39, 0.29) is 24.2 Å². The van der Waals surface area contributed by atoms with Gasteiger partial charge in [0, 0.05) is 44.8 Å². The maximum Gasteiger partial charge on any atom is 0.241 e. The molecule has 0 atom stereocenters. The van der Waals surface area contributed by atoms with Crippen molar-refractivity contribution in [3.63, 3.8) is 0 Å². The summed E-state index contributed by atoms with van der Waals surface area (Å²) in [6.07, 6.45) is 1.44. The molecule has 6 nitrogen and oxygen atoms in total. The normalized spacial score (nSPS) is 17.0. The van der Waals surface area contributed by atoms with Crippen LogP contribution in [0.1, 0.15) is 12.8 Å². The highest BCUT2D eigenvalue weighted by Gasteiger charge is 2.25. The maximum atomic E-state index is 13.1. The number of anilines is 3. The van der Waals surface area contributed by atoms with Crippen LogP contribution in [0.5, 0.6) is 0 Å². The molecule has 0 aliphatic carbocycles. The van der Waals surface area contributed by atoms with Crippen LogP contribution in [0.15, 0.2) is 48.5 Å². The molecule has 0 spiro atoms. The molecule has 2 saturated heterocycles. The molecule has 2 fully saturated rings. The van der Waals surface area contributed by atoms with Crippen molar-refractivity contribution in [2.45, 2.75) is 12.8 Å². The van der Waals surface area contributed by atoms with Gasteiger partial charge in [0.15, 0.2) is 0 Å². The second kappa shape index (κ2) is 8.51. The first-order chi connectivity index (χ1) is 14.1. The Kier molecular flexibility index (Phi) is 5.64. The van der Waals surface area contributed by atoms with Crippen LogP contribution in [0.4, 0.5) is 21.5 Å². The minimum Gasteiger partial charge on any atom is -0.374 e. The standard InChI is InChI=1S/C22H25FN4O2/c23-17-7-9-18(10-8-17)25-12-14-26(15-13-25)22(29)16-24-19-4-1-2-5-20(19)27-11-3-6-21(27)28/h1-2,4-5,7-10,24H,3,6,11-16H2. The van der Waals surface area contributed by atoms with Gasteiger partial charge in [0.1, 0.15) is 5.82 Å². The van der Waals surface area contributed by atoms with Crippen molar-refractivity contribution < 1.29 is 14.0 Å². The quantitative estimate of drug-likeness (QED) is 0.844. The van der Waals surface area contributed by atoms with E-state index in [2.05, 4.69) is 10.2 Å². The van der Waals surface area contributed by atoms with E-state index < -0.39 is 0 Å². The highest BCUT2D eigenvalue weighted by atomic mass is 19.1. The van der Waals surface area contributed by atoms with Crippen LogP contribution < -0.4 is 15.1 Å². The summed E-state index contributed by atoms with van der Waals surface area (Å²) < 4.78 is 13.1. The molecule has 0 bridgehead atoms. The minimum absolute atomic E-state index is 0.0336. The van der Waals surface area contributed by atoms with Gasteiger partial charge in [0.05, 0.1) is 17.9 Å². The van der Waals surface area contributed by atoms with Crippen molar-refractivity contribution in [2.24, 2.45) is 0 Å². The summed E-state index contributed by atoms with van der Waals surface area (Å²) in [7, 11) is 0. The van der Waals surface area contributed by atoms with Crippen LogP contribution in [0.3, 0.4) is 0 Å². The molecule has 2 aliphatic rings. The molecule has 0 radical (unpaired) electrons. The third kappa shape index (κ3) is 4.34. The van der Waals surface area contributed by atoms with Crippen molar-refractivity contribution in [2.75, 3.05) is 54.4 Å². The molecule has 0 saturated carbocycles.